The number of halogens is 1. The number of benzene rings is 2. The Labute approximate surface area is 239 Å². The van der Waals surface area contributed by atoms with Gasteiger partial charge in [-0.1, -0.05) is 24.6 Å². The third-order valence-corrected chi connectivity index (χ3v) is 8.95. The molecule has 1 aliphatic heterocycles. The molecule has 4 rings (SSSR count). The van der Waals surface area contributed by atoms with Crippen LogP contribution in [0.4, 0.5) is 5.69 Å². The van der Waals surface area contributed by atoms with Gasteiger partial charge in [0.05, 0.1) is 22.8 Å². The van der Waals surface area contributed by atoms with Crippen LogP contribution >= 0.6 is 11.6 Å². The molecule has 0 saturated heterocycles. The highest BCUT2D eigenvalue weighted by Gasteiger charge is 2.29. The molecule has 1 aromatic heterocycles. The predicted molar refractivity (Wildman–Crippen MR) is 154 cm³/mol. The van der Waals surface area contributed by atoms with Crippen molar-refractivity contribution < 1.29 is 39.7 Å². The molecule has 0 amide bonds. The number of ether oxygens (including phenoxy) is 1. The molecule has 0 radical (unpaired) electrons. The number of hydrogen-bond acceptors (Lipinski definition) is 7. The molecule has 13 heteroatoms. The summed E-state index contributed by atoms with van der Waals surface area (Å²) < 4.78 is 78.5. The van der Waals surface area contributed by atoms with E-state index in [1.165, 1.54) is 6.92 Å². The van der Waals surface area contributed by atoms with E-state index in [1.54, 1.807) is 22.8 Å². The van der Waals surface area contributed by atoms with E-state index in [9.17, 15) is 25.9 Å². The van der Waals surface area contributed by atoms with Gasteiger partial charge in [-0.25, -0.2) is 0 Å². The molecule has 1 aliphatic rings. The SMILES string of the molecule is CCC(=Cc1oc2ccc(Cl)cc2[n+]1CCCS(=O)(=O)O)C=C1Oc2ccc(C)cc2N1CCC(C)S(=O)(=O)O. The number of aromatic nitrogens is 1. The Balaban J connectivity index is 1.72. The summed E-state index contributed by atoms with van der Waals surface area (Å²) >= 11 is 6.21. The summed E-state index contributed by atoms with van der Waals surface area (Å²) in [6.45, 7) is 5.92. The van der Waals surface area contributed by atoms with E-state index in [4.69, 9.17) is 20.8 Å². The lowest BCUT2D eigenvalue weighted by atomic mass is 10.1. The topological polar surface area (TPSA) is 138 Å². The lowest BCUT2D eigenvalue weighted by molar-refractivity contribution is -0.677. The molecule has 3 aromatic rings. The molecule has 216 valence electrons. The minimum Gasteiger partial charge on any atom is -0.439 e. The highest BCUT2D eigenvalue weighted by Crippen LogP contribution is 2.40. The van der Waals surface area contributed by atoms with E-state index < -0.39 is 31.2 Å². The quantitative estimate of drug-likeness (QED) is 0.222. The smallest absolute Gasteiger partial charge is 0.374 e. The minimum atomic E-state index is -4.18. The molecule has 0 bridgehead atoms. The first-order valence-corrected chi connectivity index (χ1v) is 16.3. The first-order chi connectivity index (χ1) is 18.7. The molecule has 10 nitrogen and oxygen atoms in total. The van der Waals surface area contributed by atoms with E-state index in [0.29, 0.717) is 46.6 Å². The molecule has 2 N–H and O–H groups in total. The number of hydrogen-bond donors (Lipinski definition) is 2. The summed E-state index contributed by atoms with van der Waals surface area (Å²) in [5.41, 5.74) is 3.86. The highest BCUT2D eigenvalue weighted by molar-refractivity contribution is 7.86. The monoisotopic (exact) mass is 611 g/mol. The fourth-order valence-electron chi connectivity index (χ4n) is 4.39. The molecule has 0 fully saturated rings. The van der Waals surface area contributed by atoms with Crippen LogP contribution in [-0.2, 0) is 26.8 Å². The number of anilines is 1. The highest BCUT2D eigenvalue weighted by atomic mass is 35.5. The zero-order chi connectivity index (χ0) is 29.2. The van der Waals surface area contributed by atoms with Gasteiger partial charge in [0.15, 0.2) is 12.3 Å². The van der Waals surface area contributed by atoms with Crippen LogP contribution in [0.2, 0.25) is 5.02 Å². The second-order valence-electron chi connectivity index (χ2n) is 9.74. The first-order valence-electron chi connectivity index (χ1n) is 12.8. The molecule has 0 aliphatic carbocycles. The third kappa shape index (κ3) is 7.24. The van der Waals surface area contributed by atoms with E-state index in [2.05, 4.69) is 0 Å². The summed E-state index contributed by atoms with van der Waals surface area (Å²) in [6, 6.07) is 10.9. The van der Waals surface area contributed by atoms with E-state index in [0.717, 1.165) is 16.8 Å². The summed E-state index contributed by atoms with van der Waals surface area (Å²) in [4.78, 5) is 1.88. The van der Waals surface area contributed by atoms with Crippen LogP contribution in [0.15, 0.2) is 58.3 Å². The van der Waals surface area contributed by atoms with Gasteiger partial charge >= 0.3 is 5.89 Å². The molecular formula is C27H32ClN2O8S2+. The number of nitrogens with zero attached hydrogens (tertiary/aromatic N) is 2. The second-order valence-corrected chi connectivity index (χ2v) is 13.6. The molecule has 1 unspecified atom stereocenters. The second kappa shape index (κ2) is 11.9. The van der Waals surface area contributed by atoms with Gasteiger partial charge in [0.2, 0.25) is 11.5 Å². The van der Waals surface area contributed by atoms with Crippen LogP contribution in [0.1, 0.15) is 44.6 Å². The molecule has 2 aromatic carbocycles. The van der Waals surface area contributed by atoms with Gasteiger partial charge < -0.3 is 14.1 Å². The fourth-order valence-corrected chi connectivity index (χ4v) is 5.45. The van der Waals surface area contributed by atoms with Gasteiger partial charge in [0.25, 0.3) is 25.8 Å². The number of allylic oxidation sites excluding steroid dienone is 2. The predicted octanol–water partition coefficient (Wildman–Crippen LogP) is 5.16. The maximum Gasteiger partial charge on any atom is 0.374 e. The fraction of sp³-hybridized carbons (Fsp3) is 0.370. The maximum absolute atomic E-state index is 11.6. The lowest BCUT2D eigenvalue weighted by Gasteiger charge is -2.20. The number of aryl methyl sites for hydroxylation is 2. The van der Waals surface area contributed by atoms with E-state index in [-0.39, 0.29) is 19.4 Å². The van der Waals surface area contributed by atoms with Crippen LogP contribution in [0, 0.1) is 6.92 Å². The summed E-state index contributed by atoms with van der Waals surface area (Å²) in [6.07, 6.45) is 4.59. The Bertz CT molecular complexity index is 1690. The molecule has 2 heterocycles. The van der Waals surface area contributed by atoms with Gasteiger partial charge in [-0.3, -0.25) is 9.11 Å². The van der Waals surface area contributed by atoms with Gasteiger partial charge in [-0.2, -0.15) is 21.4 Å². The minimum absolute atomic E-state index is 0.158. The van der Waals surface area contributed by atoms with Crippen molar-refractivity contribution in [3.8, 4) is 5.75 Å². The van der Waals surface area contributed by atoms with Crippen molar-refractivity contribution in [2.75, 3.05) is 17.2 Å². The van der Waals surface area contributed by atoms with Crippen LogP contribution in [-0.4, -0.2) is 43.5 Å². The summed E-state index contributed by atoms with van der Waals surface area (Å²) in [7, 11) is -8.30. The van der Waals surface area contributed by atoms with Crippen molar-refractivity contribution in [2.45, 2.75) is 51.8 Å². The number of rotatable bonds is 11. The van der Waals surface area contributed by atoms with Crippen molar-refractivity contribution in [2.24, 2.45) is 0 Å². The largest absolute Gasteiger partial charge is 0.439 e. The van der Waals surface area contributed by atoms with Crippen molar-refractivity contribution in [3.63, 3.8) is 0 Å². The standard InChI is InChI=1S/C27H31ClN2O8S2/c1-4-20(15-26-29(11-5-13-39(31,32)33)23-17-21(28)7-9-25(23)38-26)16-27-30(12-10-19(3)40(34,35)36)22-14-18(2)6-8-24(22)37-27/h6-9,14-17,19H,4-5,10-13H2,1-3H3,(H-,31,32,33,34,35,36)/p+1. The van der Waals surface area contributed by atoms with Crippen molar-refractivity contribution in [1.29, 1.82) is 0 Å². The van der Waals surface area contributed by atoms with Gasteiger partial charge in [-0.15, -0.1) is 0 Å². The van der Waals surface area contributed by atoms with Crippen LogP contribution in [0.3, 0.4) is 0 Å². The average molecular weight is 612 g/mol. The number of fused-ring (bicyclic) bond motifs is 2. The Morgan fingerprint density at radius 2 is 1.90 bits per heavy atom. The molecule has 0 saturated carbocycles. The Morgan fingerprint density at radius 3 is 2.58 bits per heavy atom. The van der Waals surface area contributed by atoms with E-state index in [1.807, 2.05) is 49.1 Å². The number of oxazole rings is 1. The van der Waals surface area contributed by atoms with E-state index >= 15 is 0 Å². The van der Waals surface area contributed by atoms with Crippen molar-refractivity contribution in [3.05, 3.63) is 70.4 Å². The molecule has 40 heavy (non-hydrogen) atoms. The van der Waals surface area contributed by atoms with Gasteiger partial charge in [0.1, 0.15) is 0 Å². The maximum atomic E-state index is 11.6. The van der Waals surface area contributed by atoms with Crippen LogP contribution in [0.5, 0.6) is 5.75 Å². The Kier molecular flexibility index (Phi) is 8.96. The summed E-state index contributed by atoms with van der Waals surface area (Å²) in [5.74, 6) is 1.18. The van der Waals surface area contributed by atoms with Crippen molar-refractivity contribution >= 4 is 54.7 Å². The lowest BCUT2D eigenvalue weighted by Crippen LogP contribution is -2.36. The molecule has 1 atom stereocenters. The van der Waals surface area contributed by atoms with Gasteiger partial charge in [-0.05, 0) is 62.1 Å². The van der Waals surface area contributed by atoms with Crippen LogP contribution in [0.25, 0.3) is 17.2 Å². The average Bonchev–Trinajstić information content (AvgIpc) is 3.37. The molecular weight excluding hydrogens is 580 g/mol. The zero-order valence-electron chi connectivity index (χ0n) is 22.4. The first kappa shape index (κ1) is 30.1. The zero-order valence-corrected chi connectivity index (χ0v) is 24.8. The van der Waals surface area contributed by atoms with Crippen LogP contribution < -0.4 is 14.2 Å². The molecule has 0 spiro atoms. The Morgan fingerprint density at radius 1 is 1.15 bits per heavy atom. The third-order valence-electron chi connectivity index (χ3n) is 6.66. The summed E-state index contributed by atoms with van der Waals surface area (Å²) in [5, 5.41) is -0.458. The van der Waals surface area contributed by atoms with Crippen molar-refractivity contribution in [1.82, 2.24) is 0 Å². The normalized spacial score (nSPS) is 16.0. The van der Waals surface area contributed by atoms with Gasteiger partial charge in [0, 0.05) is 30.1 Å². The Hall–Kier alpha value is -2.90.